The van der Waals surface area contributed by atoms with Crippen molar-refractivity contribution in [2.45, 2.75) is 26.6 Å². The molecule has 0 saturated carbocycles. The molecule has 1 aliphatic rings. The van der Waals surface area contributed by atoms with E-state index in [4.69, 9.17) is 4.74 Å². The normalized spacial score (nSPS) is 13.7. The van der Waals surface area contributed by atoms with E-state index in [0.717, 1.165) is 16.7 Å². The molecule has 2 rings (SSSR count). The van der Waals surface area contributed by atoms with E-state index in [0.29, 0.717) is 19.6 Å². The summed E-state index contributed by atoms with van der Waals surface area (Å²) in [6, 6.07) is 5.79. The van der Waals surface area contributed by atoms with Crippen LogP contribution in [0.4, 0.5) is 0 Å². The fourth-order valence-electron chi connectivity index (χ4n) is 1.72. The Labute approximate surface area is 89.6 Å². The van der Waals surface area contributed by atoms with Crippen molar-refractivity contribution in [3.8, 4) is 0 Å². The van der Waals surface area contributed by atoms with Crippen LogP contribution in [-0.2, 0) is 18.0 Å². The predicted octanol–water partition coefficient (Wildman–Crippen LogP) is 2.87. The lowest BCUT2D eigenvalue weighted by molar-refractivity contribution is 0.0993. The maximum atomic E-state index is 11.8. The highest BCUT2D eigenvalue weighted by molar-refractivity contribution is 5.97. The molecular weight excluding hydrogens is 188 g/mol. The zero-order chi connectivity index (χ0) is 10.8. The number of carbonyl (C=O) groups is 1. The molecule has 0 fully saturated rings. The SMILES string of the molecule is C=C(C)CC(=O)c1ccc2c(c1)COC2. The Morgan fingerprint density at radius 1 is 1.40 bits per heavy atom. The molecule has 2 nitrogen and oxygen atoms in total. The standard InChI is InChI=1S/C13H14O2/c1-9(2)5-13(14)10-3-4-11-7-15-8-12(11)6-10/h3-4,6H,1,5,7-8H2,2H3. The summed E-state index contributed by atoms with van der Waals surface area (Å²) in [5.41, 5.74) is 4.00. The minimum Gasteiger partial charge on any atom is -0.372 e. The van der Waals surface area contributed by atoms with Crippen LogP contribution in [0.2, 0.25) is 0 Å². The van der Waals surface area contributed by atoms with Crippen molar-refractivity contribution in [3.63, 3.8) is 0 Å². The zero-order valence-electron chi connectivity index (χ0n) is 8.88. The first-order valence-electron chi connectivity index (χ1n) is 5.04. The second-order valence-electron chi connectivity index (χ2n) is 4.03. The smallest absolute Gasteiger partial charge is 0.166 e. The highest BCUT2D eigenvalue weighted by Gasteiger charge is 2.14. The predicted molar refractivity (Wildman–Crippen MR) is 58.7 cm³/mol. The molecule has 0 bridgehead atoms. The Bertz CT molecular complexity index is 419. The van der Waals surface area contributed by atoms with Crippen LogP contribution in [-0.4, -0.2) is 5.78 Å². The van der Waals surface area contributed by atoms with Crippen LogP contribution >= 0.6 is 0 Å². The van der Waals surface area contributed by atoms with E-state index in [9.17, 15) is 4.79 Å². The molecule has 0 radical (unpaired) electrons. The number of rotatable bonds is 3. The molecule has 1 aliphatic heterocycles. The molecule has 0 aliphatic carbocycles. The van der Waals surface area contributed by atoms with Gasteiger partial charge in [0.15, 0.2) is 5.78 Å². The van der Waals surface area contributed by atoms with Crippen LogP contribution in [0.5, 0.6) is 0 Å². The number of carbonyl (C=O) groups excluding carboxylic acids is 1. The van der Waals surface area contributed by atoms with Crippen LogP contribution in [0.25, 0.3) is 0 Å². The molecule has 0 aromatic heterocycles. The number of allylic oxidation sites excluding steroid dienone is 1. The summed E-state index contributed by atoms with van der Waals surface area (Å²) in [4.78, 5) is 11.8. The van der Waals surface area contributed by atoms with Crippen molar-refractivity contribution in [2.24, 2.45) is 0 Å². The van der Waals surface area contributed by atoms with Gasteiger partial charge in [0.05, 0.1) is 13.2 Å². The molecule has 78 valence electrons. The summed E-state index contributed by atoms with van der Waals surface area (Å²) in [7, 11) is 0. The van der Waals surface area contributed by atoms with Crippen LogP contribution in [0.15, 0.2) is 30.4 Å². The van der Waals surface area contributed by atoms with E-state index in [1.165, 1.54) is 5.56 Å². The van der Waals surface area contributed by atoms with E-state index in [1.54, 1.807) is 0 Å². The Kier molecular flexibility index (Phi) is 2.69. The minimum absolute atomic E-state index is 0.136. The van der Waals surface area contributed by atoms with Gasteiger partial charge in [0.1, 0.15) is 0 Å². The Balaban J connectivity index is 2.23. The van der Waals surface area contributed by atoms with Gasteiger partial charge in [-0.2, -0.15) is 0 Å². The fraction of sp³-hybridized carbons (Fsp3) is 0.308. The lowest BCUT2D eigenvalue weighted by Gasteiger charge is -2.02. The number of hydrogen-bond acceptors (Lipinski definition) is 2. The lowest BCUT2D eigenvalue weighted by atomic mass is 10.0. The number of hydrogen-bond donors (Lipinski definition) is 0. The van der Waals surface area contributed by atoms with Gasteiger partial charge in [-0.1, -0.05) is 24.3 Å². The van der Waals surface area contributed by atoms with Crippen LogP contribution in [0.1, 0.15) is 34.8 Å². The van der Waals surface area contributed by atoms with Crippen molar-refractivity contribution in [3.05, 3.63) is 47.0 Å². The van der Waals surface area contributed by atoms with Gasteiger partial charge >= 0.3 is 0 Å². The van der Waals surface area contributed by atoms with Gasteiger partial charge in [-0.3, -0.25) is 4.79 Å². The maximum absolute atomic E-state index is 11.8. The van der Waals surface area contributed by atoms with E-state index < -0.39 is 0 Å². The summed E-state index contributed by atoms with van der Waals surface area (Å²) in [6.07, 6.45) is 0.430. The molecule has 0 saturated heterocycles. The summed E-state index contributed by atoms with van der Waals surface area (Å²) in [6.45, 7) is 6.92. The first-order chi connectivity index (χ1) is 7.16. The summed E-state index contributed by atoms with van der Waals surface area (Å²) >= 11 is 0. The summed E-state index contributed by atoms with van der Waals surface area (Å²) < 4.78 is 5.30. The van der Waals surface area contributed by atoms with Gasteiger partial charge in [0, 0.05) is 12.0 Å². The maximum Gasteiger partial charge on any atom is 0.166 e. The molecule has 1 aromatic rings. The Morgan fingerprint density at radius 3 is 2.87 bits per heavy atom. The van der Waals surface area contributed by atoms with E-state index in [2.05, 4.69) is 6.58 Å². The van der Waals surface area contributed by atoms with Gasteiger partial charge in [-0.05, 0) is 24.1 Å². The van der Waals surface area contributed by atoms with E-state index >= 15 is 0 Å². The first kappa shape index (κ1) is 10.1. The average Bonchev–Trinajstić information content (AvgIpc) is 2.62. The van der Waals surface area contributed by atoms with Crippen LogP contribution < -0.4 is 0 Å². The highest BCUT2D eigenvalue weighted by Crippen LogP contribution is 2.21. The average molecular weight is 202 g/mol. The quantitative estimate of drug-likeness (QED) is 0.556. The Hall–Kier alpha value is -1.41. The molecule has 0 spiro atoms. The van der Waals surface area contributed by atoms with Crippen LogP contribution in [0.3, 0.4) is 0 Å². The number of fused-ring (bicyclic) bond motifs is 1. The molecule has 1 aromatic carbocycles. The van der Waals surface area contributed by atoms with Gasteiger partial charge < -0.3 is 4.74 Å². The third-order valence-corrected chi connectivity index (χ3v) is 2.51. The third-order valence-electron chi connectivity index (χ3n) is 2.51. The van der Waals surface area contributed by atoms with Gasteiger partial charge in [-0.15, -0.1) is 0 Å². The highest BCUT2D eigenvalue weighted by atomic mass is 16.5. The Morgan fingerprint density at radius 2 is 2.13 bits per heavy atom. The van der Waals surface area contributed by atoms with Crippen molar-refractivity contribution in [2.75, 3.05) is 0 Å². The molecule has 0 N–H and O–H groups in total. The van der Waals surface area contributed by atoms with Gasteiger partial charge in [0.25, 0.3) is 0 Å². The largest absolute Gasteiger partial charge is 0.372 e. The summed E-state index contributed by atoms with van der Waals surface area (Å²) in [5.74, 6) is 0.136. The van der Waals surface area contributed by atoms with Crippen LogP contribution in [0, 0.1) is 0 Å². The van der Waals surface area contributed by atoms with E-state index in [-0.39, 0.29) is 5.78 Å². The van der Waals surface area contributed by atoms with Crippen molar-refractivity contribution < 1.29 is 9.53 Å². The second kappa shape index (κ2) is 3.99. The number of ether oxygens (including phenoxy) is 1. The molecule has 0 atom stereocenters. The second-order valence-corrected chi connectivity index (χ2v) is 4.03. The van der Waals surface area contributed by atoms with Crippen molar-refractivity contribution >= 4 is 5.78 Å². The number of Topliss-reactive ketones (excluding diaryl/α,β-unsaturated/α-hetero) is 1. The number of benzene rings is 1. The van der Waals surface area contributed by atoms with Crippen molar-refractivity contribution in [1.82, 2.24) is 0 Å². The molecule has 1 heterocycles. The topological polar surface area (TPSA) is 26.3 Å². The monoisotopic (exact) mass is 202 g/mol. The molecule has 15 heavy (non-hydrogen) atoms. The zero-order valence-corrected chi connectivity index (χ0v) is 8.88. The fourth-order valence-corrected chi connectivity index (χ4v) is 1.72. The summed E-state index contributed by atoms with van der Waals surface area (Å²) in [5, 5.41) is 0. The molecular formula is C13H14O2. The van der Waals surface area contributed by atoms with Crippen molar-refractivity contribution in [1.29, 1.82) is 0 Å². The molecule has 0 amide bonds. The molecule has 2 heteroatoms. The molecule has 0 unspecified atom stereocenters. The first-order valence-corrected chi connectivity index (χ1v) is 5.04. The van der Waals surface area contributed by atoms with Gasteiger partial charge in [-0.25, -0.2) is 0 Å². The third kappa shape index (κ3) is 2.16. The minimum atomic E-state index is 0.136. The lowest BCUT2D eigenvalue weighted by Crippen LogP contribution is -2.00. The van der Waals surface area contributed by atoms with E-state index in [1.807, 2.05) is 25.1 Å². The van der Waals surface area contributed by atoms with Gasteiger partial charge in [0.2, 0.25) is 0 Å². The number of ketones is 1.